The predicted octanol–water partition coefficient (Wildman–Crippen LogP) is 4.55. The Morgan fingerprint density at radius 2 is 1.76 bits per heavy atom. The molecule has 29 heavy (non-hydrogen) atoms. The van der Waals surface area contributed by atoms with Crippen LogP contribution in [0.1, 0.15) is 34.5 Å². The van der Waals surface area contributed by atoms with E-state index in [0.29, 0.717) is 10.6 Å². The standard InChI is InChI=1S/C21H19ClFN3O2S/c22-16-5-2-1-4-15(16)17(25-21(24)28)12-19(27)26-20(18-6-3-11-29-18)13-7-9-14(23)10-8-13/h1-11,17,20H,12H2,(H,26,27)(H3,24,25,28)/t17-,20-/m1/s1. The smallest absolute Gasteiger partial charge is 0.312 e. The van der Waals surface area contributed by atoms with Gasteiger partial charge >= 0.3 is 6.03 Å². The Morgan fingerprint density at radius 1 is 1.03 bits per heavy atom. The zero-order chi connectivity index (χ0) is 20.8. The highest BCUT2D eigenvalue weighted by Gasteiger charge is 2.23. The van der Waals surface area contributed by atoms with Gasteiger partial charge in [-0.25, -0.2) is 9.18 Å². The van der Waals surface area contributed by atoms with Gasteiger partial charge in [0.1, 0.15) is 5.82 Å². The van der Waals surface area contributed by atoms with E-state index in [2.05, 4.69) is 10.6 Å². The third kappa shape index (κ3) is 5.56. The molecule has 0 aliphatic rings. The summed E-state index contributed by atoms with van der Waals surface area (Å²) in [7, 11) is 0. The van der Waals surface area contributed by atoms with Gasteiger partial charge in [0.15, 0.2) is 0 Å². The molecule has 0 radical (unpaired) electrons. The highest BCUT2D eigenvalue weighted by Crippen LogP contribution is 2.28. The second-order valence-electron chi connectivity index (χ2n) is 6.35. The minimum Gasteiger partial charge on any atom is -0.352 e. The Bertz CT molecular complexity index is 980. The molecule has 3 aromatic rings. The van der Waals surface area contributed by atoms with Gasteiger partial charge in [0.25, 0.3) is 0 Å². The number of rotatable bonds is 7. The fraction of sp³-hybridized carbons (Fsp3) is 0.143. The van der Waals surface area contributed by atoms with E-state index < -0.39 is 18.1 Å². The number of primary amides is 1. The maximum Gasteiger partial charge on any atom is 0.312 e. The van der Waals surface area contributed by atoms with Crippen LogP contribution in [-0.2, 0) is 4.79 Å². The van der Waals surface area contributed by atoms with Crippen LogP contribution in [0.2, 0.25) is 5.02 Å². The molecule has 0 spiro atoms. The first-order valence-electron chi connectivity index (χ1n) is 8.82. The molecule has 4 N–H and O–H groups in total. The molecular weight excluding hydrogens is 413 g/mol. The first-order chi connectivity index (χ1) is 13.9. The summed E-state index contributed by atoms with van der Waals surface area (Å²) in [6.07, 6.45) is -0.0598. The van der Waals surface area contributed by atoms with Crippen molar-refractivity contribution in [2.24, 2.45) is 5.73 Å². The number of amides is 3. The Morgan fingerprint density at radius 3 is 2.38 bits per heavy atom. The SMILES string of the molecule is NC(=O)N[C@H](CC(=O)N[C@H](c1ccc(F)cc1)c1cccs1)c1ccccc1Cl. The lowest BCUT2D eigenvalue weighted by Crippen LogP contribution is -2.37. The van der Waals surface area contributed by atoms with Gasteiger partial charge in [0.2, 0.25) is 5.91 Å². The summed E-state index contributed by atoms with van der Waals surface area (Å²) < 4.78 is 13.3. The number of nitrogens with one attached hydrogen (secondary N) is 2. The first-order valence-corrected chi connectivity index (χ1v) is 10.1. The predicted molar refractivity (Wildman–Crippen MR) is 112 cm³/mol. The van der Waals surface area contributed by atoms with Gasteiger partial charge in [-0.3, -0.25) is 4.79 Å². The highest BCUT2D eigenvalue weighted by atomic mass is 35.5. The fourth-order valence-electron chi connectivity index (χ4n) is 3.00. The Kier molecular flexibility index (Phi) is 6.85. The Hall–Kier alpha value is -2.90. The number of hydrogen-bond acceptors (Lipinski definition) is 3. The molecule has 5 nitrogen and oxygen atoms in total. The molecule has 0 saturated heterocycles. The molecule has 2 atom stereocenters. The Labute approximate surface area is 176 Å². The van der Waals surface area contributed by atoms with Crippen molar-refractivity contribution in [2.45, 2.75) is 18.5 Å². The van der Waals surface area contributed by atoms with Crippen molar-refractivity contribution in [3.05, 3.63) is 92.9 Å². The number of carbonyl (C=O) groups excluding carboxylic acids is 2. The van der Waals surface area contributed by atoms with Crippen LogP contribution in [0.15, 0.2) is 66.0 Å². The maximum absolute atomic E-state index is 13.3. The quantitative estimate of drug-likeness (QED) is 0.513. The normalized spacial score (nSPS) is 12.8. The monoisotopic (exact) mass is 431 g/mol. The highest BCUT2D eigenvalue weighted by molar-refractivity contribution is 7.10. The van der Waals surface area contributed by atoms with Crippen LogP contribution in [0.25, 0.3) is 0 Å². The van der Waals surface area contributed by atoms with Crippen LogP contribution in [0.3, 0.4) is 0 Å². The summed E-state index contributed by atoms with van der Waals surface area (Å²) in [5.74, 6) is -0.666. The van der Waals surface area contributed by atoms with Gasteiger partial charge in [-0.15, -0.1) is 11.3 Å². The fourth-order valence-corrected chi connectivity index (χ4v) is 4.07. The maximum atomic E-state index is 13.3. The number of thiophene rings is 1. The van der Waals surface area contributed by atoms with Crippen molar-refractivity contribution in [1.29, 1.82) is 0 Å². The zero-order valence-corrected chi connectivity index (χ0v) is 16.8. The summed E-state index contributed by atoms with van der Waals surface area (Å²) in [5, 5.41) is 7.86. The molecule has 0 unspecified atom stereocenters. The number of hydrogen-bond donors (Lipinski definition) is 3. The second-order valence-corrected chi connectivity index (χ2v) is 7.74. The van der Waals surface area contributed by atoms with Gasteiger partial charge in [-0.05, 0) is 40.8 Å². The molecular formula is C21H19ClFN3O2S. The van der Waals surface area contributed by atoms with Gasteiger partial charge in [0, 0.05) is 9.90 Å². The van der Waals surface area contributed by atoms with Crippen LogP contribution in [0.5, 0.6) is 0 Å². The molecule has 8 heteroatoms. The molecule has 0 fully saturated rings. The molecule has 0 bridgehead atoms. The van der Waals surface area contributed by atoms with E-state index in [0.717, 1.165) is 10.4 Å². The van der Waals surface area contributed by atoms with E-state index in [1.807, 2.05) is 17.5 Å². The lowest BCUT2D eigenvalue weighted by Gasteiger charge is -2.22. The van der Waals surface area contributed by atoms with Crippen molar-refractivity contribution in [3.63, 3.8) is 0 Å². The minimum atomic E-state index is -0.754. The third-order valence-electron chi connectivity index (χ3n) is 4.32. The van der Waals surface area contributed by atoms with Crippen LogP contribution in [0, 0.1) is 5.82 Å². The third-order valence-corrected chi connectivity index (χ3v) is 5.60. The average molecular weight is 432 g/mol. The second kappa shape index (κ2) is 9.54. The van der Waals surface area contributed by atoms with Crippen molar-refractivity contribution < 1.29 is 14.0 Å². The molecule has 1 heterocycles. The molecule has 2 aromatic carbocycles. The first kappa shape index (κ1) is 20.8. The van der Waals surface area contributed by atoms with Gasteiger partial charge < -0.3 is 16.4 Å². The number of nitrogens with two attached hydrogens (primary N) is 1. The summed E-state index contributed by atoms with van der Waals surface area (Å²) in [6, 6.07) is 14.8. The van der Waals surface area contributed by atoms with Crippen LogP contribution >= 0.6 is 22.9 Å². The number of benzene rings is 2. The summed E-state index contributed by atoms with van der Waals surface area (Å²) >= 11 is 7.71. The van der Waals surface area contributed by atoms with Gasteiger partial charge in [-0.1, -0.05) is 48.0 Å². The molecule has 0 saturated carbocycles. The lowest BCUT2D eigenvalue weighted by atomic mass is 10.0. The lowest BCUT2D eigenvalue weighted by molar-refractivity contribution is -0.122. The van der Waals surface area contributed by atoms with E-state index in [1.165, 1.54) is 23.5 Å². The molecule has 0 aliphatic heterocycles. The topological polar surface area (TPSA) is 84.2 Å². The number of urea groups is 1. The van der Waals surface area contributed by atoms with Crippen molar-refractivity contribution in [3.8, 4) is 0 Å². The van der Waals surface area contributed by atoms with E-state index in [4.69, 9.17) is 17.3 Å². The van der Waals surface area contributed by atoms with Gasteiger partial charge in [0.05, 0.1) is 18.5 Å². The number of carbonyl (C=O) groups is 2. The van der Waals surface area contributed by atoms with Gasteiger partial charge in [-0.2, -0.15) is 0 Å². The molecule has 3 rings (SSSR count). The van der Waals surface area contributed by atoms with E-state index in [9.17, 15) is 14.0 Å². The largest absolute Gasteiger partial charge is 0.352 e. The van der Waals surface area contributed by atoms with E-state index in [1.54, 1.807) is 36.4 Å². The van der Waals surface area contributed by atoms with Crippen LogP contribution in [0.4, 0.5) is 9.18 Å². The average Bonchev–Trinajstić information content (AvgIpc) is 3.21. The molecule has 150 valence electrons. The summed E-state index contributed by atoms with van der Waals surface area (Å²) in [4.78, 5) is 25.2. The zero-order valence-electron chi connectivity index (χ0n) is 15.3. The summed E-state index contributed by atoms with van der Waals surface area (Å²) in [5.41, 5.74) is 6.63. The minimum absolute atomic E-state index is 0.0598. The summed E-state index contributed by atoms with van der Waals surface area (Å²) in [6.45, 7) is 0. The Balaban J connectivity index is 1.82. The van der Waals surface area contributed by atoms with Crippen molar-refractivity contribution in [2.75, 3.05) is 0 Å². The molecule has 1 aromatic heterocycles. The van der Waals surface area contributed by atoms with Crippen molar-refractivity contribution >= 4 is 34.9 Å². The van der Waals surface area contributed by atoms with Crippen LogP contribution in [-0.4, -0.2) is 11.9 Å². The van der Waals surface area contributed by atoms with E-state index >= 15 is 0 Å². The molecule has 3 amide bonds. The number of halogens is 2. The van der Waals surface area contributed by atoms with E-state index in [-0.39, 0.29) is 18.1 Å². The van der Waals surface area contributed by atoms with Crippen molar-refractivity contribution in [1.82, 2.24) is 10.6 Å². The van der Waals surface area contributed by atoms with Crippen LogP contribution < -0.4 is 16.4 Å². The molecule has 0 aliphatic carbocycles.